The van der Waals surface area contributed by atoms with Crippen LogP contribution >= 0.6 is 0 Å². The third-order valence-electron chi connectivity index (χ3n) is 5.62. The number of nitrogens with one attached hydrogen (secondary N) is 1. The summed E-state index contributed by atoms with van der Waals surface area (Å²) in [5, 5.41) is 13.9. The Balaban J connectivity index is 1.54. The van der Waals surface area contributed by atoms with Crippen molar-refractivity contribution >= 4 is 23.3 Å². The summed E-state index contributed by atoms with van der Waals surface area (Å²) in [5.41, 5.74) is 1.40. The standard InChI is InChI=1S/C23H27N3O5/c1-16(31-23(28)19-8-9-20(24-2)21(15-19)26(29)30)22(27)25-12-10-18(11-13-25)14-17-6-4-3-5-7-17/h3-9,15-16,18,24H,10-14H2,1-2H3/t16-/m1/s1. The number of nitrogens with zero attached hydrogens (tertiary/aromatic N) is 2. The van der Waals surface area contributed by atoms with E-state index in [-0.39, 0.29) is 17.2 Å². The van der Waals surface area contributed by atoms with Crippen LogP contribution in [0.5, 0.6) is 0 Å². The van der Waals surface area contributed by atoms with Crippen molar-refractivity contribution in [3.63, 3.8) is 0 Å². The minimum atomic E-state index is -0.957. The van der Waals surface area contributed by atoms with Crippen LogP contribution in [0.1, 0.15) is 35.7 Å². The SMILES string of the molecule is CNc1ccc(C(=O)O[C@H](C)C(=O)N2CCC(Cc3ccccc3)CC2)cc1[N+](=O)[O-]. The van der Waals surface area contributed by atoms with Crippen molar-refractivity contribution in [2.45, 2.75) is 32.3 Å². The molecule has 1 saturated heterocycles. The van der Waals surface area contributed by atoms with E-state index in [9.17, 15) is 19.7 Å². The summed E-state index contributed by atoms with van der Waals surface area (Å²) in [6, 6.07) is 14.3. The summed E-state index contributed by atoms with van der Waals surface area (Å²) >= 11 is 0. The number of anilines is 1. The summed E-state index contributed by atoms with van der Waals surface area (Å²) in [6.45, 7) is 2.79. The average molecular weight is 425 g/mol. The first-order valence-electron chi connectivity index (χ1n) is 10.4. The van der Waals surface area contributed by atoms with Gasteiger partial charge in [0.25, 0.3) is 11.6 Å². The zero-order valence-corrected chi connectivity index (χ0v) is 17.7. The molecule has 0 aliphatic carbocycles. The number of nitro groups is 1. The molecular formula is C23H27N3O5. The molecule has 164 valence electrons. The van der Waals surface area contributed by atoms with Crippen LogP contribution in [0.4, 0.5) is 11.4 Å². The lowest BCUT2D eigenvalue weighted by atomic mass is 9.90. The molecule has 0 bridgehead atoms. The van der Waals surface area contributed by atoms with E-state index in [2.05, 4.69) is 17.4 Å². The lowest BCUT2D eigenvalue weighted by Gasteiger charge is -2.33. The van der Waals surface area contributed by atoms with Crippen molar-refractivity contribution in [1.29, 1.82) is 0 Å². The third kappa shape index (κ3) is 5.59. The minimum absolute atomic E-state index is 0.0342. The minimum Gasteiger partial charge on any atom is -0.449 e. The molecule has 0 spiro atoms. The molecule has 0 saturated carbocycles. The molecule has 1 aliphatic rings. The van der Waals surface area contributed by atoms with Crippen LogP contribution < -0.4 is 5.32 Å². The maximum absolute atomic E-state index is 12.7. The Kier molecular flexibility index (Phi) is 7.23. The van der Waals surface area contributed by atoms with Crippen molar-refractivity contribution in [2.75, 3.05) is 25.5 Å². The Morgan fingerprint density at radius 3 is 2.48 bits per heavy atom. The van der Waals surface area contributed by atoms with Crippen molar-refractivity contribution in [2.24, 2.45) is 5.92 Å². The highest BCUT2D eigenvalue weighted by Crippen LogP contribution is 2.26. The van der Waals surface area contributed by atoms with Gasteiger partial charge in [0.05, 0.1) is 10.5 Å². The van der Waals surface area contributed by atoms with Crippen molar-refractivity contribution in [3.05, 3.63) is 69.8 Å². The molecule has 0 radical (unpaired) electrons. The molecule has 3 rings (SSSR count). The molecule has 1 N–H and O–H groups in total. The summed E-state index contributed by atoms with van der Waals surface area (Å²) in [5.74, 6) is -0.478. The van der Waals surface area contributed by atoms with Crippen LogP contribution in [0.2, 0.25) is 0 Å². The molecule has 1 amide bonds. The lowest BCUT2D eigenvalue weighted by molar-refractivity contribution is -0.384. The second kappa shape index (κ2) is 10.1. The van der Waals surface area contributed by atoms with Gasteiger partial charge in [0.1, 0.15) is 5.69 Å². The second-order valence-corrected chi connectivity index (χ2v) is 7.74. The fourth-order valence-electron chi connectivity index (χ4n) is 3.86. The van der Waals surface area contributed by atoms with Crippen LogP contribution in [0.3, 0.4) is 0 Å². The number of benzene rings is 2. The normalized spacial score (nSPS) is 15.2. The topological polar surface area (TPSA) is 102 Å². The maximum atomic E-state index is 12.7. The molecule has 8 nitrogen and oxygen atoms in total. The predicted octanol–water partition coefficient (Wildman–Crippen LogP) is 3.66. The highest BCUT2D eigenvalue weighted by Gasteiger charge is 2.29. The summed E-state index contributed by atoms with van der Waals surface area (Å²) in [4.78, 5) is 37.5. The summed E-state index contributed by atoms with van der Waals surface area (Å²) in [6.07, 6.45) is 1.84. The van der Waals surface area contributed by atoms with Gasteiger partial charge in [-0.2, -0.15) is 0 Å². The number of carbonyl (C=O) groups is 2. The summed E-state index contributed by atoms with van der Waals surface area (Å²) in [7, 11) is 1.56. The molecular weight excluding hydrogens is 398 g/mol. The van der Waals surface area contributed by atoms with E-state index < -0.39 is 17.0 Å². The molecule has 2 aromatic carbocycles. The zero-order valence-electron chi connectivity index (χ0n) is 17.7. The average Bonchev–Trinajstić information content (AvgIpc) is 2.79. The number of hydrogen-bond donors (Lipinski definition) is 1. The summed E-state index contributed by atoms with van der Waals surface area (Å²) < 4.78 is 5.31. The molecule has 31 heavy (non-hydrogen) atoms. The first-order valence-corrected chi connectivity index (χ1v) is 10.4. The number of likely N-dealkylation sites (tertiary alicyclic amines) is 1. The molecule has 1 aliphatic heterocycles. The van der Waals surface area contributed by atoms with Crippen LogP contribution in [0, 0.1) is 16.0 Å². The number of rotatable bonds is 7. The van der Waals surface area contributed by atoms with E-state index >= 15 is 0 Å². The predicted molar refractivity (Wildman–Crippen MR) is 117 cm³/mol. The Bertz CT molecular complexity index is 939. The van der Waals surface area contributed by atoms with Crippen molar-refractivity contribution < 1.29 is 19.2 Å². The third-order valence-corrected chi connectivity index (χ3v) is 5.62. The molecule has 8 heteroatoms. The fraction of sp³-hybridized carbons (Fsp3) is 0.391. The highest BCUT2D eigenvalue weighted by molar-refractivity contribution is 5.93. The second-order valence-electron chi connectivity index (χ2n) is 7.74. The molecule has 1 fully saturated rings. The van der Waals surface area contributed by atoms with Crippen LogP contribution in [-0.4, -0.2) is 47.9 Å². The van der Waals surface area contributed by atoms with Crippen molar-refractivity contribution in [3.8, 4) is 0 Å². The largest absolute Gasteiger partial charge is 0.449 e. The van der Waals surface area contributed by atoms with Gasteiger partial charge in [-0.25, -0.2) is 4.79 Å². The lowest BCUT2D eigenvalue weighted by Crippen LogP contribution is -2.44. The van der Waals surface area contributed by atoms with Gasteiger partial charge in [0.2, 0.25) is 0 Å². The maximum Gasteiger partial charge on any atom is 0.339 e. The van der Waals surface area contributed by atoms with Crippen molar-refractivity contribution in [1.82, 2.24) is 4.90 Å². The van der Waals surface area contributed by atoms with Gasteiger partial charge < -0.3 is 15.0 Å². The van der Waals surface area contributed by atoms with Gasteiger partial charge in [-0.1, -0.05) is 30.3 Å². The van der Waals surface area contributed by atoms with E-state index in [4.69, 9.17) is 4.74 Å². The smallest absolute Gasteiger partial charge is 0.339 e. The Morgan fingerprint density at radius 2 is 1.87 bits per heavy atom. The van der Waals surface area contributed by atoms with Gasteiger partial charge in [0, 0.05) is 26.2 Å². The Labute approximate surface area is 181 Å². The molecule has 0 aromatic heterocycles. The van der Waals surface area contributed by atoms with E-state index in [1.807, 2.05) is 18.2 Å². The van der Waals surface area contributed by atoms with Gasteiger partial charge in [0.15, 0.2) is 6.10 Å². The monoisotopic (exact) mass is 425 g/mol. The van der Waals surface area contributed by atoms with Gasteiger partial charge >= 0.3 is 5.97 Å². The zero-order chi connectivity index (χ0) is 22.4. The van der Waals surface area contributed by atoms with Crippen LogP contribution in [-0.2, 0) is 16.0 Å². The molecule has 0 unspecified atom stereocenters. The number of esters is 1. The van der Waals surface area contributed by atoms with Gasteiger partial charge in [-0.15, -0.1) is 0 Å². The number of amides is 1. The highest BCUT2D eigenvalue weighted by atomic mass is 16.6. The first-order chi connectivity index (χ1) is 14.9. The fourth-order valence-corrected chi connectivity index (χ4v) is 3.86. The van der Waals surface area contributed by atoms with Gasteiger partial charge in [-0.3, -0.25) is 14.9 Å². The first kappa shape index (κ1) is 22.3. The molecule has 1 heterocycles. The Hall–Kier alpha value is -3.42. The van der Waals surface area contributed by atoms with Gasteiger partial charge in [-0.05, 0) is 49.8 Å². The molecule has 1 atom stereocenters. The number of ether oxygens (including phenoxy) is 1. The Morgan fingerprint density at radius 1 is 1.19 bits per heavy atom. The number of nitro benzene ring substituents is 1. The van der Waals surface area contributed by atoms with E-state index in [1.54, 1.807) is 11.9 Å². The number of piperidine rings is 1. The quantitative estimate of drug-likeness (QED) is 0.413. The van der Waals surface area contributed by atoms with E-state index in [0.717, 1.165) is 25.3 Å². The number of hydrogen-bond acceptors (Lipinski definition) is 6. The van der Waals surface area contributed by atoms with E-state index in [0.29, 0.717) is 24.7 Å². The number of carbonyl (C=O) groups excluding carboxylic acids is 2. The molecule has 2 aromatic rings. The van der Waals surface area contributed by atoms with E-state index in [1.165, 1.54) is 24.6 Å². The van der Waals surface area contributed by atoms with Crippen LogP contribution in [0.15, 0.2) is 48.5 Å². The van der Waals surface area contributed by atoms with Crippen LogP contribution in [0.25, 0.3) is 0 Å².